The molecule has 1 saturated heterocycles. The van der Waals surface area contributed by atoms with Gasteiger partial charge in [-0.3, -0.25) is 9.69 Å². The first-order chi connectivity index (χ1) is 15.9. The van der Waals surface area contributed by atoms with E-state index in [4.69, 9.17) is 9.47 Å². The van der Waals surface area contributed by atoms with E-state index < -0.39 is 6.03 Å². The Kier molecular flexibility index (Phi) is 6.79. The van der Waals surface area contributed by atoms with Crippen LogP contribution in [0.3, 0.4) is 0 Å². The maximum atomic E-state index is 12.8. The molecular weight excluding hydrogens is 484 g/mol. The zero-order valence-corrected chi connectivity index (χ0v) is 19.9. The number of ether oxygens (including phenoxy) is 2. The average molecular weight is 507 g/mol. The second-order valence-electron chi connectivity index (χ2n) is 7.66. The molecule has 1 aliphatic rings. The number of carbonyl (C=O) groups excluding carboxylic acids is 2. The molecule has 0 atom stereocenters. The molecule has 0 spiro atoms. The monoisotopic (exact) mass is 506 g/mol. The minimum atomic E-state index is -0.448. The quantitative estimate of drug-likeness (QED) is 0.342. The fourth-order valence-corrected chi connectivity index (χ4v) is 3.85. The summed E-state index contributed by atoms with van der Waals surface area (Å²) in [5.41, 5.74) is 3.99. The molecule has 6 nitrogen and oxygen atoms in total. The second-order valence-corrected chi connectivity index (χ2v) is 8.52. The summed E-state index contributed by atoms with van der Waals surface area (Å²) in [5.74, 6) is 0.712. The zero-order valence-electron chi connectivity index (χ0n) is 18.3. The Morgan fingerprint density at radius 2 is 1.70 bits per heavy atom. The molecule has 1 fully saturated rings. The van der Waals surface area contributed by atoms with Gasteiger partial charge in [0, 0.05) is 4.47 Å². The third kappa shape index (κ3) is 5.26. The Bertz CT molecular complexity index is 1210. The van der Waals surface area contributed by atoms with Crippen molar-refractivity contribution in [2.75, 3.05) is 7.11 Å². The van der Waals surface area contributed by atoms with Crippen LogP contribution in [0.4, 0.5) is 4.79 Å². The fourth-order valence-electron chi connectivity index (χ4n) is 3.42. The largest absolute Gasteiger partial charge is 0.493 e. The molecule has 33 heavy (non-hydrogen) atoms. The molecule has 4 rings (SSSR count). The number of carbonyl (C=O) groups is 2. The van der Waals surface area contributed by atoms with Gasteiger partial charge in [0.05, 0.1) is 13.7 Å². The molecule has 0 saturated carbocycles. The lowest BCUT2D eigenvalue weighted by Gasteiger charge is -2.13. The maximum absolute atomic E-state index is 12.8. The molecule has 0 aromatic heterocycles. The highest BCUT2D eigenvalue weighted by molar-refractivity contribution is 9.10. The van der Waals surface area contributed by atoms with Crippen LogP contribution < -0.4 is 14.8 Å². The van der Waals surface area contributed by atoms with Crippen molar-refractivity contribution in [1.29, 1.82) is 0 Å². The van der Waals surface area contributed by atoms with Crippen molar-refractivity contribution < 1.29 is 19.1 Å². The van der Waals surface area contributed by atoms with Gasteiger partial charge in [0.15, 0.2) is 11.5 Å². The molecular formula is C26H23BrN2O4. The Labute approximate surface area is 200 Å². The summed E-state index contributed by atoms with van der Waals surface area (Å²) in [6.07, 6.45) is 1.63. The lowest BCUT2D eigenvalue weighted by atomic mass is 10.1. The van der Waals surface area contributed by atoms with Gasteiger partial charge in [0.25, 0.3) is 5.91 Å². The highest BCUT2D eigenvalue weighted by Gasteiger charge is 2.33. The molecule has 3 aromatic carbocycles. The number of nitrogens with one attached hydrogen (secondary N) is 1. The molecule has 3 aromatic rings. The molecule has 1 N–H and O–H groups in total. The van der Waals surface area contributed by atoms with Crippen LogP contribution in [0.15, 0.2) is 76.9 Å². The van der Waals surface area contributed by atoms with Crippen LogP contribution >= 0.6 is 15.9 Å². The lowest BCUT2D eigenvalue weighted by Crippen LogP contribution is -2.30. The minimum Gasteiger partial charge on any atom is -0.493 e. The molecule has 0 radical (unpaired) electrons. The van der Waals surface area contributed by atoms with Crippen LogP contribution in [0, 0.1) is 6.92 Å². The van der Waals surface area contributed by atoms with E-state index in [1.807, 2.05) is 61.5 Å². The van der Waals surface area contributed by atoms with Crippen molar-refractivity contribution in [2.45, 2.75) is 20.1 Å². The van der Waals surface area contributed by atoms with Gasteiger partial charge in [0.2, 0.25) is 0 Å². The number of urea groups is 1. The number of aryl methyl sites for hydroxylation is 1. The van der Waals surface area contributed by atoms with E-state index in [1.54, 1.807) is 25.3 Å². The standard InChI is InChI=1S/C26H23BrN2O4/c1-17-8-10-19(11-9-17)16-33-24-14-21(27)20(13-23(24)32-2)12-22-25(30)29(26(31)28-22)15-18-6-4-3-5-7-18/h3-14H,15-16H2,1-2H3,(H,28,31)/b22-12+. The topological polar surface area (TPSA) is 67.9 Å². The van der Waals surface area contributed by atoms with E-state index in [9.17, 15) is 9.59 Å². The van der Waals surface area contributed by atoms with Gasteiger partial charge in [-0.1, -0.05) is 76.1 Å². The normalized spacial score (nSPS) is 14.5. The summed E-state index contributed by atoms with van der Waals surface area (Å²) < 4.78 is 12.2. The van der Waals surface area contributed by atoms with E-state index in [0.717, 1.165) is 11.1 Å². The highest BCUT2D eigenvalue weighted by atomic mass is 79.9. The van der Waals surface area contributed by atoms with Crippen LogP contribution in [0.2, 0.25) is 0 Å². The van der Waals surface area contributed by atoms with E-state index in [1.165, 1.54) is 10.5 Å². The number of imide groups is 1. The summed E-state index contributed by atoms with van der Waals surface area (Å²) in [5, 5.41) is 2.66. The fraction of sp³-hybridized carbons (Fsp3) is 0.154. The molecule has 0 bridgehead atoms. The Hall–Kier alpha value is -3.58. The second kappa shape index (κ2) is 9.92. The Morgan fingerprint density at radius 1 is 0.970 bits per heavy atom. The first-order valence-corrected chi connectivity index (χ1v) is 11.2. The molecule has 3 amide bonds. The SMILES string of the molecule is COc1cc(/C=C2/NC(=O)N(Cc3ccccc3)C2=O)c(Br)cc1OCc1ccc(C)cc1. The lowest BCUT2D eigenvalue weighted by molar-refractivity contribution is -0.123. The van der Waals surface area contributed by atoms with Crippen molar-refractivity contribution in [1.82, 2.24) is 10.2 Å². The predicted octanol–water partition coefficient (Wildman–Crippen LogP) is 5.44. The number of hydrogen-bond donors (Lipinski definition) is 1. The number of nitrogens with zero attached hydrogens (tertiary/aromatic N) is 1. The predicted molar refractivity (Wildman–Crippen MR) is 130 cm³/mol. The van der Waals surface area contributed by atoms with E-state index in [0.29, 0.717) is 28.1 Å². The molecule has 1 heterocycles. The van der Waals surface area contributed by atoms with Gasteiger partial charge >= 0.3 is 6.03 Å². The molecule has 7 heteroatoms. The van der Waals surface area contributed by atoms with Crippen LogP contribution in [-0.2, 0) is 17.9 Å². The number of rotatable bonds is 7. The smallest absolute Gasteiger partial charge is 0.329 e. The molecule has 168 valence electrons. The molecule has 0 aliphatic carbocycles. The number of hydrogen-bond acceptors (Lipinski definition) is 4. The maximum Gasteiger partial charge on any atom is 0.329 e. The van der Waals surface area contributed by atoms with Crippen LogP contribution in [0.5, 0.6) is 11.5 Å². The first-order valence-electron chi connectivity index (χ1n) is 10.4. The van der Waals surface area contributed by atoms with Crippen molar-refractivity contribution in [3.8, 4) is 11.5 Å². The Balaban J connectivity index is 1.53. The van der Waals surface area contributed by atoms with Crippen molar-refractivity contribution >= 4 is 33.9 Å². The number of halogens is 1. The van der Waals surface area contributed by atoms with E-state index >= 15 is 0 Å². The summed E-state index contributed by atoms with van der Waals surface area (Å²) in [6, 6.07) is 20.6. The van der Waals surface area contributed by atoms with Gasteiger partial charge in [-0.25, -0.2) is 4.79 Å². The minimum absolute atomic E-state index is 0.201. The molecule has 1 aliphatic heterocycles. The number of benzene rings is 3. The molecule has 0 unspecified atom stereocenters. The van der Waals surface area contributed by atoms with Crippen molar-refractivity contribution in [2.24, 2.45) is 0 Å². The van der Waals surface area contributed by atoms with Gasteiger partial charge in [-0.15, -0.1) is 0 Å². The Morgan fingerprint density at radius 3 is 2.39 bits per heavy atom. The zero-order chi connectivity index (χ0) is 23.4. The number of methoxy groups -OCH3 is 1. The highest BCUT2D eigenvalue weighted by Crippen LogP contribution is 2.35. The van der Waals surface area contributed by atoms with Gasteiger partial charge < -0.3 is 14.8 Å². The van der Waals surface area contributed by atoms with Gasteiger partial charge in [-0.2, -0.15) is 0 Å². The first kappa shape index (κ1) is 22.6. The third-order valence-corrected chi connectivity index (χ3v) is 5.93. The van der Waals surface area contributed by atoms with Gasteiger partial charge in [0.1, 0.15) is 12.3 Å². The van der Waals surface area contributed by atoms with E-state index in [-0.39, 0.29) is 18.1 Å². The van der Waals surface area contributed by atoms with Crippen LogP contribution in [0.25, 0.3) is 6.08 Å². The summed E-state index contributed by atoms with van der Waals surface area (Å²) >= 11 is 3.54. The van der Waals surface area contributed by atoms with Crippen LogP contribution in [-0.4, -0.2) is 23.9 Å². The van der Waals surface area contributed by atoms with Crippen molar-refractivity contribution in [3.05, 3.63) is 99.2 Å². The van der Waals surface area contributed by atoms with Gasteiger partial charge in [-0.05, 0) is 41.8 Å². The third-order valence-electron chi connectivity index (χ3n) is 5.24. The average Bonchev–Trinajstić information content (AvgIpc) is 3.08. The summed E-state index contributed by atoms with van der Waals surface area (Å²) in [4.78, 5) is 26.4. The van der Waals surface area contributed by atoms with E-state index in [2.05, 4.69) is 21.2 Å². The van der Waals surface area contributed by atoms with Crippen LogP contribution in [0.1, 0.15) is 22.3 Å². The number of amides is 3. The summed E-state index contributed by atoms with van der Waals surface area (Å²) in [7, 11) is 1.56. The van der Waals surface area contributed by atoms with Crippen molar-refractivity contribution in [3.63, 3.8) is 0 Å². The summed E-state index contributed by atoms with van der Waals surface area (Å²) in [6.45, 7) is 2.64.